The van der Waals surface area contributed by atoms with E-state index < -0.39 is 15.6 Å². The van der Waals surface area contributed by atoms with E-state index >= 15 is 0 Å². The molecule has 0 amide bonds. The van der Waals surface area contributed by atoms with Gasteiger partial charge in [0, 0.05) is 24.3 Å². The Morgan fingerprint density at radius 1 is 1.00 bits per heavy atom. The zero-order valence-corrected chi connectivity index (χ0v) is 17.4. The Morgan fingerprint density at radius 2 is 1.67 bits per heavy atom. The van der Waals surface area contributed by atoms with Gasteiger partial charge < -0.3 is 4.90 Å². The minimum absolute atomic E-state index is 0.309. The highest BCUT2D eigenvalue weighted by molar-refractivity contribution is 7.89. The Balaban J connectivity index is 2.26. The van der Waals surface area contributed by atoms with E-state index in [2.05, 4.69) is 35.6 Å². The van der Waals surface area contributed by atoms with Crippen LogP contribution in [-0.4, -0.2) is 20.5 Å². The summed E-state index contributed by atoms with van der Waals surface area (Å²) >= 11 is 0. The molecule has 0 aliphatic rings. The molecular formula is C22H31N2O2S. The zero-order chi connectivity index (χ0) is 19.9. The number of hydrogen-bond donors (Lipinski definition) is 1. The summed E-state index contributed by atoms with van der Waals surface area (Å²) in [7, 11) is -3.59. The molecule has 2 rings (SSSR count). The highest BCUT2D eigenvalue weighted by Gasteiger charge is 2.30. The Kier molecular flexibility index (Phi) is 7.45. The first-order chi connectivity index (χ1) is 12.9. The summed E-state index contributed by atoms with van der Waals surface area (Å²) in [6.07, 6.45) is 1.95. The second-order valence-electron chi connectivity index (χ2n) is 6.84. The second-order valence-corrected chi connectivity index (χ2v) is 8.52. The van der Waals surface area contributed by atoms with Crippen LogP contribution in [0.1, 0.15) is 45.6 Å². The van der Waals surface area contributed by atoms with Crippen LogP contribution >= 0.6 is 0 Å². The molecule has 147 valence electrons. The molecule has 0 aliphatic carbocycles. The van der Waals surface area contributed by atoms with Gasteiger partial charge in [-0.05, 0) is 56.0 Å². The minimum Gasteiger partial charge on any atom is -0.367 e. The molecule has 0 saturated heterocycles. The van der Waals surface area contributed by atoms with E-state index in [-0.39, 0.29) is 0 Å². The van der Waals surface area contributed by atoms with E-state index in [1.165, 1.54) is 0 Å². The standard InChI is InChI=1S/C22H31N2O2S/c1-5-22(6-2,7-3)23-27(25,26)21-16-12-13-19(17-21)18-24(8-4)20-14-10-9-11-15-20/h9-17,23H,1,5-8,18H2,2-4H3. The number of sulfonamides is 1. The molecule has 2 aromatic rings. The number of hydrogen-bond acceptors (Lipinski definition) is 3. The van der Waals surface area contributed by atoms with Crippen molar-refractivity contribution in [2.24, 2.45) is 0 Å². The maximum Gasteiger partial charge on any atom is 0.241 e. The molecule has 0 spiro atoms. The molecule has 0 unspecified atom stereocenters. The van der Waals surface area contributed by atoms with Crippen LogP contribution in [0.2, 0.25) is 0 Å². The van der Waals surface area contributed by atoms with Crippen molar-refractivity contribution in [1.82, 2.24) is 4.72 Å². The van der Waals surface area contributed by atoms with Crippen LogP contribution in [0.5, 0.6) is 0 Å². The van der Waals surface area contributed by atoms with E-state index in [1.54, 1.807) is 12.1 Å². The van der Waals surface area contributed by atoms with Crippen molar-refractivity contribution >= 4 is 15.7 Å². The summed E-state index contributed by atoms with van der Waals surface area (Å²) in [6, 6.07) is 17.4. The van der Waals surface area contributed by atoms with E-state index in [0.717, 1.165) is 17.8 Å². The molecule has 4 nitrogen and oxygen atoms in total. The van der Waals surface area contributed by atoms with Gasteiger partial charge in [-0.3, -0.25) is 0 Å². The van der Waals surface area contributed by atoms with Crippen molar-refractivity contribution in [3.63, 3.8) is 0 Å². The van der Waals surface area contributed by atoms with Gasteiger partial charge in [-0.1, -0.05) is 51.1 Å². The number of benzene rings is 2. The molecular weight excluding hydrogens is 356 g/mol. The summed E-state index contributed by atoms with van der Waals surface area (Å²) in [6.45, 7) is 11.5. The van der Waals surface area contributed by atoms with Gasteiger partial charge in [-0.15, -0.1) is 0 Å². The Bertz CT molecular complexity index is 807. The third-order valence-electron chi connectivity index (χ3n) is 5.27. The predicted molar refractivity (Wildman–Crippen MR) is 113 cm³/mol. The van der Waals surface area contributed by atoms with E-state index in [9.17, 15) is 8.42 Å². The predicted octanol–water partition coefficient (Wildman–Crippen LogP) is 4.77. The summed E-state index contributed by atoms with van der Waals surface area (Å²) in [4.78, 5) is 2.53. The molecule has 1 N–H and O–H groups in total. The van der Waals surface area contributed by atoms with Crippen LogP contribution in [0.15, 0.2) is 59.5 Å². The lowest BCUT2D eigenvalue weighted by Gasteiger charge is -2.31. The van der Waals surface area contributed by atoms with Crippen molar-refractivity contribution in [2.75, 3.05) is 11.4 Å². The Morgan fingerprint density at radius 3 is 2.22 bits per heavy atom. The molecule has 0 aromatic heterocycles. The van der Waals surface area contributed by atoms with Gasteiger partial charge >= 0.3 is 0 Å². The second kappa shape index (κ2) is 9.38. The highest BCUT2D eigenvalue weighted by atomic mass is 32.2. The average molecular weight is 388 g/mol. The fourth-order valence-electron chi connectivity index (χ4n) is 3.20. The SMILES string of the molecule is [CH2]CC(CC)(CC)NS(=O)(=O)c1cccc(CN(CC)c2ccccc2)c1. The smallest absolute Gasteiger partial charge is 0.241 e. The number of rotatable bonds is 10. The summed E-state index contributed by atoms with van der Waals surface area (Å²) in [5.41, 5.74) is 1.60. The lowest BCUT2D eigenvalue weighted by atomic mass is 9.91. The number of anilines is 1. The summed E-state index contributed by atoms with van der Waals surface area (Å²) < 4.78 is 28.8. The first-order valence-electron chi connectivity index (χ1n) is 9.62. The van der Waals surface area contributed by atoms with E-state index in [4.69, 9.17) is 0 Å². The van der Waals surface area contributed by atoms with Gasteiger partial charge in [0.05, 0.1) is 4.90 Å². The van der Waals surface area contributed by atoms with Crippen LogP contribution < -0.4 is 9.62 Å². The maximum atomic E-state index is 12.9. The zero-order valence-electron chi connectivity index (χ0n) is 16.6. The molecule has 2 aromatic carbocycles. The molecule has 0 fully saturated rings. The topological polar surface area (TPSA) is 49.4 Å². The third kappa shape index (κ3) is 5.33. The molecule has 0 aliphatic heterocycles. The van der Waals surface area contributed by atoms with Crippen molar-refractivity contribution in [3.8, 4) is 0 Å². The van der Waals surface area contributed by atoms with E-state index in [1.807, 2.05) is 44.2 Å². The lowest BCUT2D eigenvalue weighted by Crippen LogP contribution is -2.47. The van der Waals surface area contributed by atoms with Gasteiger partial charge in [-0.2, -0.15) is 0 Å². The molecule has 0 saturated carbocycles. The van der Waals surface area contributed by atoms with Crippen LogP contribution in [-0.2, 0) is 16.6 Å². The fourth-order valence-corrected chi connectivity index (χ4v) is 4.84. The Hall–Kier alpha value is -1.85. The highest BCUT2D eigenvalue weighted by Crippen LogP contribution is 2.24. The largest absolute Gasteiger partial charge is 0.367 e. The van der Waals surface area contributed by atoms with Crippen LogP contribution in [0.4, 0.5) is 5.69 Å². The van der Waals surface area contributed by atoms with Crippen LogP contribution in [0.3, 0.4) is 0 Å². The van der Waals surface area contributed by atoms with Crippen LogP contribution in [0, 0.1) is 6.92 Å². The normalized spacial score (nSPS) is 12.1. The van der Waals surface area contributed by atoms with Crippen molar-refractivity contribution < 1.29 is 8.42 Å². The van der Waals surface area contributed by atoms with Crippen molar-refractivity contribution in [2.45, 2.75) is 57.0 Å². The molecule has 5 heteroatoms. The lowest BCUT2D eigenvalue weighted by molar-refractivity contribution is 0.355. The first-order valence-corrected chi connectivity index (χ1v) is 11.1. The third-order valence-corrected chi connectivity index (χ3v) is 6.84. The van der Waals surface area contributed by atoms with Gasteiger partial charge in [0.2, 0.25) is 10.0 Å². The monoisotopic (exact) mass is 387 g/mol. The molecule has 0 atom stereocenters. The number of nitrogens with zero attached hydrogens (tertiary/aromatic N) is 1. The summed E-state index contributed by atoms with van der Waals surface area (Å²) in [5, 5.41) is 0. The minimum atomic E-state index is -3.59. The van der Waals surface area contributed by atoms with Gasteiger partial charge in [-0.25, -0.2) is 13.1 Å². The molecule has 1 radical (unpaired) electrons. The van der Waals surface area contributed by atoms with E-state index in [0.29, 0.717) is 30.7 Å². The first kappa shape index (κ1) is 21.5. The number of para-hydroxylation sites is 1. The van der Waals surface area contributed by atoms with Gasteiger partial charge in [0.15, 0.2) is 0 Å². The van der Waals surface area contributed by atoms with Gasteiger partial charge in [0.1, 0.15) is 0 Å². The van der Waals surface area contributed by atoms with Crippen LogP contribution in [0.25, 0.3) is 0 Å². The molecule has 27 heavy (non-hydrogen) atoms. The quantitative estimate of drug-likeness (QED) is 0.638. The Labute approximate surface area is 164 Å². The van der Waals surface area contributed by atoms with Crippen molar-refractivity contribution in [3.05, 3.63) is 67.1 Å². The van der Waals surface area contributed by atoms with Crippen molar-refractivity contribution in [1.29, 1.82) is 0 Å². The maximum absolute atomic E-state index is 12.9. The number of nitrogens with one attached hydrogen (secondary N) is 1. The molecule has 0 heterocycles. The average Bonchev–Trinajstić information content (AvgIpc) is 2.71. The summed E-state index contributed by atoms with van der Waals surface area (Å²) in [5.74, 6) is 0. The fraction of sp³-hybridized carbons (Fsp3) is 0.409. The molecule has 0 bridgehead atoms. The van der Waals surface area contributed by atoms with Gasteiger partial charge in [0.25, 0.3) is 0 Å².